The molecule has 2 aromatic rings. The molecular formula is C18H19N3O6S. The average molecular weight is 406 g/mol. The number of benzene rings is 2. The summed E-state index contributed by atoms with van der Waals surface area (Å²) in [5.41, 5.74) is 0.503. The first kappa shape index (κ1) is 18.5. The number of para-hydroxylation sites is 1. The molecule has 1 aliphatic heterocycles. The summed E-state index contributed by atoms with van der Waals surface area (Å²) in [5, 5.41) is 12.5. The van der Waals surface area contributed by atoms with Crippen LogP contribution in [-0.4, -0.2) is 50.4 Å². The SMILES string of the molecule is [2H]N1CCN(S(=O)(=O)c2ccccc2[N+](=O)[O-])CC1c1ccc(C(=O)OC)cc1. The fraction of sp³-hybridized carbons (Fsp3) is 0.278. The van der Waals surface area contributed by atoms with Gasteiger partial charge >= 0.3 is 5.97 Å². The van der Waals surface area contributed by atoms with Crippen LogP contribution < -0.4 is 5.31 Å². The van der Waals surface area contributed by atoms with E-state index in [1.54, 1.807) is 24.3 Å². The van der Waals surface area contributed by atoms with E-state index >= 15 is 0 Å². The smallest absolute Gasteiger partial charge is 0.337 e. The first-order chi connectivity index (χ1) is 13.8. The van der Waals surface area contributed by atoms with Crippen LogP contribution in [-0.2, 0) is 14.8 Å². The van der Waals surface area contributed by atoms with Gasteiger partial charge in [-0.15, -0.1) is 0 Å². The third kappa shape index (κ3) is 3.88. The number of rotatable bonds is 5. The third-order valence-corrected chi connectivity index (χ3v) is 6.38. The number of methoxy groups -OCH3 is 1. The normalized spacial score (nSPS) is 19.0. The Morgan fingerprint density at radius 2 is 1.96 bits per heavy atom. The third-order valence-electron chi connectivity index (χ3n) is 4.47. The molecule has 2 aromatic carbocycles. The van der Waals surface area contributed by atoms with Crippen molar-refractivity contribution >= 4 is 21.7 Å². The predicted octanol–water partition coefficient (Wildman–Crippen LogP) is 1.72. The maximum absolute atomic E-state index is 13.1. The van der Waals surface area contributed by atoms with Gasteiger partial charge in [0, 0.05) is 31.7 Å². The molecule has 0 bridgehead atoms. The molecule has 148 valence electrons. The summed E-state index contributed by atoms with van der Waals surface area (Å²) in [6.07, 6.45) is 0. The van der Waals surface area contributed by atoms with E-state index < -0.39 is 32.6 Å². The van der Waals surface area contributed by atoms with Crippen molar-refractivity contribution < 1.29 is 24.3 Å². The van der Waals surface area contributed by atoms with Crippen molar-refractivity contribution in [3.63, 3.8) is 0 Å². The van der Waals surface area contributed by atoms with E-state index in [9.17, 15) is 23.3 Å². The van der Waals surface area contributed by atoms with E-state index in [1.165, 1.54) is 30.6 Å². The number of nitrogens with zero attached hydrogens (tertiary/aromatic N) is 2. The average Bonchev–Trinajstić information content (AvgIpc) is 2.73. The van der Waals surface area contributed by atoms with Crippen LogP contribution in [0.2, 0.25) is 1.41 Å². The summed E-state index contributed by atoms with van der Waals surface area (Å²) in [4.78, 5) is 21.7. The minimum atomic E-state index is -4.12. The lowest BCUT2D eigenvalue weighted by molar-refractivity contribution is -0.387. The number of carbonyl (C=O) groups is 1. The van der Waals surface area contributed by atoms with Gasteiger partial charge in [0.25, 0.3) is 5.69 Å². The molecule has 10 heteroatoms. The molecule has 0 aromatic heterocycles. The number of nitro groups is 1. The number of carbonyl (C=O) groups excluding carboxylic acids is 1. The monoisotopic (exact) mass is 406 g/mol. The van der Waals surface area contributed by atoms with E-state index in [1.807, 2.05) is 0 Å². The molecule has 1 N–H and O–H groups in total. The van der Waals surface area contributed by atoms with Crippen molar-refractivity contribution in [2.45, 2.75) is 10.9 Å². The lowest BCUT2D eigenvalue weighted by atomic mass is 10.0. The molecule has 0 radical (unpaired) electrons. The minimum absolute atomic E-state index is 0.0363. The fourth-order valence-electron chi connectivity index (χ4n) is 3.02. The van der Waals surface area contributed by atoms with Crippen LogP contribution >= 0.6 is 0 Å². The largest absolute Gasteiger partial charge is 0.465 e. The number of ether oxygens (including phenoxy) is 1. The van der Waals surface area contributed by atoms with Gasteiger partial charge in [-0.2, -0.15) is 4.31 Å². The highest BCUT2D eigenvalue weighted by atomic mass is 32.2. The van der Waals surface area contributed by atoms with Gasteiger partial charge in [-0.05, 0) is 23.8 Å². The topological polar surface area (TPSA) is 119 Å². The second kappa shape index (κ2) is 8.05. The second-order valence-corrected chi connectivity index (χ2v) is 8.03. The Morgan fingerprint density at radius 3 is 2.61 bits per heavy atom. The van der Waals surface area contributed by atoms with Crippen LogP contribution in [0.5, 0.6) is 0 Å². The number of nitro benzene ring substituents is 1. The van der Waals surface area contributed by atoms with Gasteiger partial charge in [0.2, 0.25) is 10.0 Å². The number of hydrogen-bond acceptors (Lipinski definition) is 7. The number of sulfonamides is 1. The Labute approximate surface area is 163 Å². The molecular weight excluding hydrogens is 386 g/mol. The van der Waals surface area contributed by atoms with Gasteiger partial charge in [0.15, 0.2) is 4.90 Å². The van der Waals surface area contributed by atoms with E-state index in [4.69, 9.17) is 1.41 Å². The van der Waals surface area contributed by atoms with E-state index in [-0.39, 0.29) is 24.5 Å². The van der Waals surface area contributed by atoms with Gasteiger partial charge in [0.05, 0.1) is 17.6 Å². The van der Waals surface area contributed by atoms with E-state index in [2.05, 4.69) is 4.74 Å². The molecule has 0 aliphatic carbocycles. The molecule has 1 heterocycles. The van der Waals surface area contributed by atoms with Crippen molar-refractivity contribution in [3.8, 4) is 0 Å². The summed E-state index contributed by atoms with van der Waals surface area (Å²) < 4.78 is 40.1. The highest BCUT2D eigenvalue weighted by molar-refractivity contribution is 7.89. The molecule has 3 rings (SSSR count). The van der Waals surface area contributed by atoms with Crippen LogP contribution in [0.3, 0.4) is 0 Å². The lowest BCUT2D eigenvalue weighted by Gasteiger charge is -2.33. The van der Waals surface area contributed by atoms with Crippen molar-refractivity contribution in [2.75, 3.05) is 26.7 Å². The Kier molecular flexibility index (Phi) is 5.33. The van der Waals surface area contributed by atoms with Crippen molar-refractivity contribution in [1.82, 2.24) is 9.62 Å². The summed E-state index contributed by atoms with van der Waals surface area (Å²) >= 11 is 0. The maximum Gasteiger partial charge on any atom is 0.337 e. The highest BCUT2D eigenvalue weighted by Gasteiger charge is 2.34. The Hall–Kier alpha value is -2.82. The Balaban J connectivity index is 1.90. The molecule has 1 unspecified atom stereocenters. The summed E-state index contributed by atoms with van der Waals surface area (Å²) in [6, 6.07) is 11.0. The molecule has 0 saturated carbocycles. The molecule has 9 nitrogen and oxygen atoms in total. The zero-order chi connectivity index (χ0) is 21.2. The van der Waals surface area contributed by atoms with E-state index in [0.717, 1.165) is 10.4 Å². The highest BCUT2D eigenvalue weighted by Crippen LogP contribution is 2.29. The fourth-order valence-corrected chi connectivity index (χ4v) is 4.62. The second-order valence-electron chi connectivity index (χ2n) is 6.12. The Morgan fingerprint density at radius 1 is 1.29 bits per heavy atom. The van der Waals surface area contributed by atoms with Crippen LogP contribution in [0.15, 0.2) is 53.4 Å². The number of nitrogens with one attached hydrogen (secondary N) is 1. The molecule has 1 aliphatic rings. The standard InChI is InChI=1S/C18H19N3O6S/c1-27-18(22)14-8-6-13(7-9-14)15-12-20(11-10-19-15)28(25,26)17-5-3-2-4-16(17)21(23)24/h2-9,15,19H,10-12H2,1H3/i/hD. The minimum Gasteiger partial charge on any atom is -0.465 e. The zero-order valence-electron chi connectivity index (χ0n) is 16.0. The molecule has 28 heavy (non-hydrogen) atoms. The first-order valence-electron chi connectivity index (χ1n) is 8.88. The summed E-state index contributed by atoms with van der Waals surface area (Å²) in [7, 11) is -2.85. The zero-order valence-corrected chi connectivity index (χ0v) is 15.8. The lowest BCUT2D eigenvalue weighted by Crippen LogP contribution is -2.48. The number of piperazine rings is 1. The van der Waals surface area contributed by atoms with Gasteiger partial charge < -0.3 is 10.0 Å². The quantitative estimate of drug-likeness (QED) is 0.456. The van der Waals surface area contributed by atoms with Crippen LogP contribution in [0.1, 0.15) is 22.0 Å². The Bertz CT molecular complexity index is 1030. The molecule has 1 atom stereocenters. The van der Waals surface area contributed by atoms with Gasteiger partial charge in [-0.1, -0.05) is 24.3 Å². The molecule has 1 fully saturated rings. The van der Waals surface area contributed by atoms with Gasteiger partial charge in [0.1, 0.15) is 1.41 Å². The molecule has 0 amide bonds. The molecule has 1 saturated heterocycles. The number of hydrogen-bond donors (Lipinski definition) is 1. The van der Waals surface area contributed by atoms with Crippen molar-refractivity contribution in [3.05, 3.63) is 69.8 Å². The molecule has 0 spiro atoms. The van der Waals surface area contributed by atoms with E-state index in [0.29, 0.717) is 11.1 Å². The van der Waals surface area contributed by atoms with Crippen LogP contribution in [0.4, 0.5) is 5.69 Å². The first-order valence-corrected chi connectivity index (χ1v) is 9.87. The van der Waals surface area contributed by atoms with Gasteiger partial charge in [-0.3, -0.25) is 10.1 Å². The van der Waals surface area contributed by atoms with Crippen molar-refractivity contribution in [2.24, 2.45) is 0 Å². The predicted molar refractivity (Wildman–Crippen MR) is 100 cm³/mol. The summed E-state index contributed by atoms with van der Waals surface area (Å²) in [6.45, 7) is 0.118. The van der Waals surface area contributed by atoms with Crippen molar-refractivity contribution in [1.29, 1.82) is 0 Å². The van der Waals surface area contributed by atoms with Crippen LogP contribution in [0, 0.1) is 10.1 Å². The maximum atomic E-state index is 13.1. The summed E-state index contributed by atoms with van der Waals surface area (Å²) in [5.74, 6) is -0.497. The van der Waals surface area contributed by atoms with Gasteiger partial charge in [-0.25, -0.2) is 13.2 Å². The number of esters is 1. The van der Waals surface area contributed by atoms with Crippen LogP contribution in [0.25, 0.3) is 0 Å².